The van der Waals surface area contributed by atoms with Gasteiger partial charge in [-0.25, -0.2) is 4.79 Å². The summed E-state index contributed by atoms with van der Waals surface area (Å²) in [5, 5.41) is 8.93. The first kappa shape index (κ1) is 15.1. The summed E-state index contributed by atoms with van der Waals surface area (Å²) in [6.45, 7) is 2.42. The van der Waals surface area contributed by atoms with Crippen LogP contribution in [0.5, 0.6) is 5.75 Å². The van der Waals surface area contributed by atoms with Crippen LogP contribution >= 0.6 is 0 Å². The van der Waals surface area contributed by atoms with Crippen LogP contribution in [0.25, 0.3) is 0 Å². The molecule has 1 aromatic carbocycles. The number of rotatable bonds is 5. The van der Waals surface area contributed by atoms with Crippen molar-refractivity contribution in [1.29, 1.82) is 5.26 Å². The SMILES string of the molecule is CC1CC=CCC1COC(=O)COc1ccccc1C#N. The van der Waals surface area contributed by atoms with Crippen LogP contribution in [0.1, 0.15) is 25.3 Å². The van der Waals surface area contributed by atoms with Crippen molar-refractivity contribution in [1.82, 2.24) is 0 Å². The number of ether oxygens (including phenoxy) is 2. The number of hydrogen-bond acceptors (Lipinski definition) is 4. The highest BCUT2D eigenvalue weighted by Crippen LogP contribution is 2.25. The van der Waals surface area contributed by atoms with Gasteiger partial charge in [-0.3, -0.25) is 0 Å². The summed E-state index contributed by atoms with van der Waals surface area (Å²) in [6.07, 6.45) is 6.30. The molecule has 0 saturated heterocycles. The predicted molar refractivity (Wildman–Crippen MR) is 78.6 cm³/mol. The van der Waals surface area contributed by atoms with Gasteiger partial charge >= 0.3 is 5.97 Å². The van der Waals surface area contributed by atoms with Crippen molar-refractivity contribution in [3.05, 3.63) is 42.0 Å². The number of para-hydroxylation sites is 1. The summed E-state index contributed by atoms with van der Waals surface area (Å²) >= 11 is 0. The van der Waals surface area contributed by atoms with Gasteiger partial charge in [-0.2, -0.15) is 5.26 Å². The van der Waals surface area contributed by atoms with Gasteiger partial charge < -0.3 is 9.47 Å². The zero-order valence-corrected chi connectivity index (χ0v) is 12.1. The fraction of sp³-hybridized carbons (Fsp3) is 0.412. The Morgan fingerprint density at radius 3 is 2.86 bits per heavy atom. The minimum Gasteiger partial charge on any atom is -0.481 e. The molecular formula is C17H19NO3. The molecule has 1 aliphatic carbocycles. The van der Waals surface area contributed by atoms with Gasteiger partial charge in [0.15, 0.2) is 6.61 Å². The summed E-state index contributed by atoms with van der Waals surface area (Å²) in [7, 11) is 0. The van der Waals surface area contributed by atoms with Crippen molar-refractivity contribution in [3.63, 3.8) is 0 Å². The van der Waals surface area contributed by atoms with Crippen LogP contribution in [-0.4, -0.2) is 19.2 Å². The monoisotopic (exact) mass is 285 g/mol. The molecule has 0 heterocycles. The molecular weight excluding hydrogens is 266 g/mol. The first-order valence-electron chi connectivity index (χ1n) is 7.13. The Hall–Kier alpha value is -2.28. The van der Waals surface area contributed by atoms with E-state index in [-0.39, 0.29) is 6.61 Å². The highest BCUT2D eigenvalue weighted by atomic mass is 16.6. The zero-order chi connectivity index (χ0) is 15.1. The molecule has 1 aliphatic rings. The van der Waals surface area contributed by atoms with E-state index in [0.29, 0.717) is 29.8 Å². The van der Waals surface area contributed by atoms with Crippen molar-refractivity contribution in [2.45, 2.75) is 19.8 Å². The molecule has 0 aliphatic heterocycles. The Morgan fingerprint density at radius 1 is 1.33 bits per heavy atom. The summed E-state index contributed by atoms with van der Waals surface area (Å²) in [6, 6.07) is 8.85. The minimum atomic E-state index is -0.399. The first-order chi connectivity index (χ1) is 10.2. The van der Waals surface area contributed by atoms with Gasteiger partial charge in [0.2, 0.25) is 0 Å². The molecule has 2 rings (SSSR count). The maximum atomic E-state index is 11.7. The number of benzene rings is 1. The second-order valence-corrected chi connectivity index (χ2v) is 5.26. The lowest BCUT2D eigenvalue weighted by molar-refractivity contribution is -0.147. The van der Waals surface area contributed by atoms with Crippen LogP contribution in [0.15, 0.2) is 36.4 Å². The lowest BCUT2D eigenvalue weighted by Crippen LogP contribution is -2.24. The summed E-state index contributed by atoms with van der Waals surface area (Å²) < 4.78 is 10.6. The number of nitrogens with zero attached hydrogens (tertiary/aromatic N) is 1. The maximum Gasteiger partial charge on any atom is 0.344 e. The summed E-state index contributed by atoms with van der Waals surface area (Å²) in [5.74, 6) is 0.920. The molecule has 110 valence electrons. The Bertz CT molecular complexity index is 559. The second kappa shape index (κ2) is 7.49. The van der Waals surface area contributed by atoms with Crippen LogP contribution in [0.2, 0.25) is 0 Å². The third kappa shape index (κ3) is 4.35. The van der Waals surface area contributed by atoms with Gasteiger partial charge in [0.05, 0.1) is 12.2 Å². The van der Waals surface area contributed by atoms with Gasteiger partial charge in [0, 0.05) is 0 Å². The third-order valence-electron chi connectivity index (χ3n) is 3.73. The molecule has 4 heteroatoms. The molecule has 4 nitrogen and oxygen atoms in total. The number of carbonyl (C=O) groups is 1. The lowest BCUT2D eigenvalue weighted by atomic mass is 9.85. The van der Waals surface area contributed by atoms with Crippen molar-refractivity contribution in [2.75, 3.05) is 13.2 Å². The summed E-state index contributed by atoms with van der Waals surface area (Å²) in [4.78, 5) is 11.7. The van der Waals surface area contributed by atoms with Crippen molar-refractivity contribution in [3.8, 4) is 11.8 Å². The molecule has 0 amide bonds. The average Bonchev–Trinajstić information content (AvgIpc) is 2.52. The van der Waals surface area contributed by atoms with Crippen LogP contribution in [-0.2, 0) is 9.53 Å². The molecule has 0 saturated carbocycles. The molecule has 21 heavy (non-hydrogen) atoms. The molecule has 0 N–H and O–H groups in total. The smallest absolute Gasteiger partial charge is 0.344 e. The van der Waals surface area contributed by atoms with Gasteiger partial charge in [-0.15, -0.1) is 0 Å². The molecule has 0 spiro atoms. The largest absolute Gasteiger partial charge is 0.481 e. The molecule has 0 radical (unpaired) electrons. The van der Waals surface area contributed by atoms with E-state index < -0.39 is 5.97 Å². The molecule has 2 atom stereocenters. The van der Waals surface area contributed by atoms with E-state index in [2.05, 4.69) is 19.1 Å². The normalized spacial score (nSPS) is 20.6. The molecule has 0 aromatic heterocycles. The highest BCUT2D eigenvalue weighted by Gasteiger charge is 2.20. The molecule has 0 bridgehead atoms. The molecule has 1 aromatic rings. The van der Waals surface area contributed by atoms with E-state index in [4.69, 9.17) is 14.7 Å². The topological polar surface area (TPSA) is 59.3 Å². The number of nitriles is 1. The van der Waals surface area contributed by atoms with E-state index in [1.165, 1.54) is 0 Å². The Labute approximate surface area is 125 Å². The lowest BCUT2D eigenvalue weighted by Gasteiger charge is -2.24. The third-order valence-corrected chi connectivity index (χ3v) is 3.73. The van der Waals surface area contributed by atoms with Crippen molar-refractivity contribution < 1.29 is 14.3 Å². The van der Waals surface area contributed by atoms with E-state index in [1.807, 2.05) is 6.07 Å². The Morgan fingerprint density at radius 2 is 2.10 bits per heavy atom. The maximum absolute atomic E-state index is 11.7. The van der Waals surface area contributed by atoms with Crippen LogP contribution < -0.4 is 4.74 Å². The number of carbonyl (C=O) groups excluding carboxylic acids is 1. The van der Waals surface area contributed by atoms with Crippen molar-refractivity contribution >= 4 is 5.97 Å². The van der Waals surface area contributed by atoms with E-state index in [1.54, 1.807) is 24.3 Å². The van der Waals surface area contributed by atoms with Gasteiger partial charge in [0.1, 0.15) is 11.8 Å². The van der Waals surface area contributed by atoms with Crippen LogP contribution in [0.3, 0.4) is 0 Å². The van der Waals surface area contributed by atoms with Gasteiger partial charge in [0.25, 0.3) is 0 Å². The quantitative estimate of drug-likeness (QED) is 0.616. The minimum absolute atomic E-state index is 0.171. The fourth-order valence-corrected chi connectivity index (χ4v) is 2.30. The van der Waals surface area contributed by atoms with Crippen molar-refractivity contribution in [2.24, 2.45) is 11.8 Å². The number of allylic oxidation sites excluding steroid dienone is 2. The fourth-order valence-electron chi connectivity index (χ4n) is 2.30. The highest BCUT2D eigenvalue weighted by molar-refractivity contribution is 5.71. The second-order valence-electron chi connectivity index (χ2n) is 5.26. The Kier molecular flexibility index (Phi) is 5.39. The van der Waals surface area contributed by atoms with Crippen LogP contribution in [0.4, 0.5) is 0 Å². The number of hydrogen-bond donors (Lipinski definition) is 0. The van der Waals surface area contributed by atoms with Crippen LogP contribution in [0, 0.1) is 23.2 Å². The number of esters is 1. The average molecular weight is 285 g/mol. The summed E-state index contributed by atoms with van der Waals surface area (Å²) in [5.41, 5.74) is 0.413. The van der Waals surface area contributed by atoms with Gasteiger partial charge in [-0.1, -0.05) is 31.2 Å². The zero-order valence-electron chi connectivity index (χ0n) is 12.1. The molecule has 0 fully saturated rings. The first-order valence-corrected chi connectivity index (χ1v) is 7.13. The predicted octanol–water partition coefficient (Wildman–Crippen LogP) is 3.08. The Balaban J connectivity index is 1.77. The van der Waals surface area contributed by atoms with E-state index in [9.17, 15) is 4.79 Å². The molecule has 2 unspecified atom stereocenters. The van der Waals surface area contributed by atoms with E-state index in [0.717, 1.165) is 12.8 Å². The standard InChI is InChI=1S/C17H19NO3/c1-13-6-2-3-8-15(13)11-21-17(19)12-20-16-9-5-4-7-14(16)10-18/h2-5,7,9,13,15H,6,8,11-12H2,1H3. The van der Waals surface area contributed by atoms with Gasteiger partial charge in [-0.05, 0) is 36.8 Å². The van der Waals surface area contributed by atoms with E-state index >= 15 is 0 Å².